The van der Waals surface area contributed by atoms with Crippen LogP contribution in [0.4, 0.5) is 0 Å². The van der Waals surface area contributed by atoms with E-state index in [0.29, 0.717) is 5.69 Å². The van der Waals surface area contributed by atoms with Crippen LogP contribution in [0.3, 0.4) is 0 Å². The Kier molecular flexibility index (Phi) is 4.12. The summed E-state index contributed by atoms with van der Waals surface area (Å²) in [6.07, 6.45) is 3.42. The molecule has 0 aliphatic rings. The normalized spacial score (nSPS) is 11.5. The molecule has 1 N–H and O–H groups in total. The second-order valence-corrected chi connectivity index (χ2v) is 5.02. The van der Waals surface area contributed by atoms with Crippen LogP contribution in [0, 0.1) is 0 Å². The highest BCUT2D eigenvalue weighted by molar-refractivity contribution is 9.10. The maximum absolute atomic E-state index is 12.1. The van der Waals surface area contributed by atoms with Crippen molar-refractivity contribution in [3.63, 3.8) is 0 Å². The molecular formula is C15H13BrN2O. The Hall–Kier alpha value is -1.94. The van der Waals surface area contributed by atoms with Crippen molar-refractivity contribution in [3.05, 3.63) is 58.9 Å². The second-order valence-electron chi connectivity index (χ2n) is 4.11. The first kappa shape index (κ1) is 13.5. The van der Waals surface area contributed by atoms with E-state index in [0.717, 1.165) is 20.9 Å². The van der Waals surface area contributed by atoms with Gasteiger partial charge in [0, 0.05) is 28.0 Å². The average molecular weight is 317 g/mol. The molecule has 0 amide bonds. The molecule has 0 saturated carbocycles. The molecule has 3 nitrogen and oxygen atoms in total. The first-order chi connectivity index (χ1) is 9.13. The predicted octanol–water partition coefficient (Wildman–Crippen LogP) is 4.27. The first-order valence-electron chi connectivity index (χ1n) is 5.73. The maximum atomic E-state index is 12.1. The number of ketones is 1. The molecule has 0 radical (unpaired) electrons. The Balaban J connectivity index is 2.29. The summed E-state index contributed by atoms with van der Waals surface area (Å²) in [5.41, 5.74) is 2.27. The van der Waals surface area contributed by atoms with Crippen molar-refractivity contribution in [2.45, 2.75) is 6.42 Å². The number of aliphatic imine (C=N–C) groups is 1. The zero-order valence-corrected chi connectivity index (χ0v) is 11.9. The fraction of sp³-hybridized carbons (Fsp3) is 0.0667. The lowest BCUT2D eigenvalue weighted by atomic mass is 10.1. The predicted molar refractivity (Wildman–Crippen MR) is 82.8 cm³/mol. The standard InChI is InChI=1S/C15H13BrN2O/c1-3-10(9-17-2)6-15(19)14-7-11-4-5-12(16)8-13(11)18-14/h3-5,7-9,18H,1-2,6H2/b10-9+. The smallest absolute Gasteiger partial charge is 0.183 e. The minimum atomic E-state index is 0.00197. The lowest BCUT2D eigenvalue weighted by Crippen LogP contribution is -2.00. The van der Waals surface area contributed by atoms with Crippen LogP contribution in [0.1, 0.15) is 16.9 Å². The number of fused-ring (bicyclic) bond motifs is 1. The summed E-state index contributed by atoms with van der Waals surface area (Å²) >= 11 is 3.40. The second kappa shape index (κ2) is 5.80. The van der Waals surface area contributed by atoms with Gasteiger partial charge in [-0.15, -0.1) is 0 Å². The van der Waals surface area contributed by atoms with Gasteiger partial charge >= 0.3 is 0 Å². The van der Waals surface area contributed by atoms with Gasteiger partial charge in [0.1, 0.15) is 0 Å². The first-order valence-corrected chi connectivity index (χ1v) is 6.52. The lowest BCUT2D eigenvalue weighted by Gasteiger charge is -1.98. The SMILES string of the molecule is C=C/C(=C\N=C)CC(=O)c1cc2ccc(Br)cc2[nH]1. The molecule has 0 spiro atoms. The molecule has 0 bridgehead atoms. The van der Waals surface area contributed by atoms with Crippen molar-refractivity contribution in [2.24, 2.45) is 4.99 Å². The summed E-state index contributed by atoms with van der Waals surface area (Å²) in [5.74, 6) is 0.00197. The third-order valence-electron chi connectivity index (χ3n) is 2.77. The van der Waals surface area contributed by atoms with Crippen molar-refractivity contribution >= 4 is 39.3 Å². The maximum Gasteiger partial charge on any atom is 0.183 e. The number of H-pyrrole nitrogens is 1. The molecule has 0 aliphatic carbocycles. The number of hydrogen-bond donors (Lipinski definition) is 1. The molecule has 2 aromatic rings. The van der Waals surface area contributed by atoms with Crippen LogP contribution in [0.25, 0.3) is 10.9 Å². The topological polar surface area (TPSA) is 45.2 Å². The number of carbonyl (C=O) groups is 1. The summed E-state index contributed by atoms with van der Waals surface area (Å²) in [6.45, 7) is 7.03. The number of nitrogens with zero attached hydrogens (tertiary/aromatic N) is 1. The third kappa shape index (κ3) is 3.09. The van der Waals surface area contributed by atoms with E-state index in [1.54, 1.807) is 12.3 Å². The van der Waals surface area contributed by atoms with Crippen LogP contribution in [0.15, 0.2) is 58.2 Å². The molecule has 0 atom stereocenters. The molecule has 1 heterocycles. The molecule has 19 heavy (non-hydrogen) atoms. The highest BCUT2D eigenvalue weighted by atomic mass is 79.9. The average Bonchev–Trinajstić information content (AvgIpc) is 2.81. The molecule has 0 aliphatic heterocycles. The number of aromatic amines is 1. The van der Waals surface area contributed by atoms with Crippen molar-refractivity contribution in [2.75, 3.05) is 0 Å². The number of Topliss-reactive ketones (excluding diaryl/α,β-unsaturated/α-hetero) is 1. The Morgan fingerprint density at radius 3 is 2.89 bits per heavy atom. The van der Waals surface area contributed by atoms with Crippen LogP contribution in [0.2, 0.25) is 0 Å². The van der Waals surface area contributed by atoms with Gasteiger partial charge in [0.05, 0.1) is 5.69 Å². The molecule has 0 unspecified atom stereocenters. The summed E-state index contributed by atoms with van der Waals surface area (Å²) in [4.78, 5) is 18.9. The van der Waals surface area contributed by atoms with Crippen molar-refractivity contribution in [3.8, 4) is 0 Å². The summed E-state index contributed by atoms with van der Waals surface area (Å²) in [5, 5.41) is 1.01. The quantitative estimate of drug-likeness (QED) is 0.499. The number of allylic oxidation sites excluding steroid dienone is 2. The van der Waals surface area contributed by atoms with Crippen LogP contribution in [-0.2, 0) is 0 Å². The molecule has 0 saturated heterocycles. The number of hydrogen-bond acceptors (Lipinski definition) is 2. The third-order valence-corrected chi connectivity index (χ3v) is 3.26. The van der Waals surface area contributed by atoms with Crippen molar-refractivity contribution in [1.29, 1.82) is 0 Å². The van der Waals surface area contributed by atoms with Gasteiger partial charge < -0.3 is 4.98 Å². The van der Waals surface area contributed by atoms with E-state index in [-0.39, 0.29) is 12.2 Å². The van der Waals surface area contributed by atoms with E-state index in [2.05, 4.69) is 39.2 Å². The van der Waals surface area contributed by atoms with E-state index in [4.69, 9.17) is 0 Å². The Morgan fingerprint density at radius 1 is 1.42 bits per heavy atom. The van der Waals surface area contributed by atoms with Gasteiger partial charge in [0.15, 0.2) is 5.78 Å². The minimum absolute atomic E-state index is 0.00197. The van der Waals surface area contributed by atoms with E-state index >= 15 is 0 Å². The monoisotopic (exact) mass is 316 g/mol. The van der Waals surface area contributed by atoms with Gasteiger partial charge in [0.25, 0.3) is 0 Å². The highest BCUT2D eigenvalue weighted by Gasteiger charge is 2.10. The van der Waals surface area contributed by atoms with Gasteiger partial charge in [-0.1, -0.05) is 34.7 Å². The summed E-state index contributed by atoms with van der Waals surface area (Å²) in [6, 6.07) is 7.71. The van der Waals surface area contributed by atoms with E-state index in [9.17, 15) is 4.79 Å². The Morgan fingerprint density at radius 2 is 2.21 bits per heavy atom. The molecule has 0 fully saturated rings. The van der Waals surface area contributed by atoms with Crippen molar-refractivity contribution in [1.82, 2.24) is 4.98 Å². The number of aromatic nitrogens is 1. The number of nitrogens with one attached hydrogen (secondary N) is 1. The number of halogens is 1. The number of carbonyl (C=O) groups excluding carboxylic acids is 1. The molecule has 96 valence electrons. The van der Waals surface area contributed by atoms with Crippen LogP contribution in [0.5, 0.6) is 0 Å². The zero-order valence-electron chi connectivity index (χ0n) is 10.3. The van der Waals surface area contributed by atoms with Crippen LogP contribution >= 0.6 is 15.9 Å². The molecule has 1 aromatic heterocycles. The van der Waals surface area contributed by atoms with Crippen LogP contribution in [-0.4, -0.2) is 17.5 Å². The summed E-state index contributed by atoms with van der Waals surface area (Å²) < 4.78 is 0.975. The molecule has 1 aromatic carbocycles. The largest absolute Gasteiger partial charge is 0.352 e. The lowest BCUT2D eigenvalue weighted by molar-refractivity contribution is 0.0990. The van der Waals surface area contributed by atoms with E-state index in [1.165, 1.54) is 0 Å². The van der Waals surface area contributed by atoms with Gasteiger partial charge in [-0.25, -0.2) is 0 Å². The van der Waals surface area contributed by atoms with Crippen molar-refractivity contribution < 1.29 is 4.79 Å². The zero-order chi connectivity index (χ0) is 13.8. The van der Waals surface area contributed by atoms with Gasteiger partial charge in [0.2, 0.25) is 0 Å². The Labute approximate surface area is 119 Å². The fourth-order valence-electron chi connectivity index (χ4n) is 1.82. The number of benzene rings is 1. The van der Waals surface area contributed by atoms with E-state index in [1.807, 2.05) is 24.3 Å². The number of rotatable bonds is 5. The van der Waals surface area contributed by atoms with Crippen LogP contribution < -0.4 is 0 Å². The molecule has 2 rings (SSSR count). The molecular weight excluding hydrogens is 304 g/mol. The minimum Gasteiger partial charge on any atom is -0.352 e. The summed E-state index contributed by atoms with van der Waals surface area (Å²) in [7, 11) is 0. The van der Waals surface area contributed by atoms with Gasteiger partial charge in [-0.3, -0.25) is 9.79 Å². The highest BCUT2D eigenvalue weighted by Crippen LogP contribution is 2.21. The Bertz CT molecular complexity index is 683. The van der Waals surface area contributed by atoms with E-state index < -0.39 is 0 Å². The fourth-order valence-corrected chi connectivity index (χ4v) is 2.18. The van der Waals surface area contributed by atoms with Gasteiger partial charge in [-0.05, 0) is 30.5 Å². The molecule has 4 heteroatoms. The van der Waals surface area contributed by atoms with Gasteiger partial charge in [-0.2, -0.15) is 0 Å².